The zero-order chi connectivity index (χ0) is 18.1. The minimum Gasteiger partial charge on any atom is -0.341 e. The third-order valence-corrected chi connectivity index (χ3v) is 5.03. The lowest BCUT2D eigenvalue weighted by Gasteiger charge is -2.33. The standard InChI is InChI=1S/C20H22N6.ClH/c1-14(17-10-9-16(22-2)12-23-17)26-19-8-4-3-7-18(19)24-20(26)25-11-5-6-15(21)13-25;/h3-4,7-10,12,14-15H,5-6,11,13,21H2,1H3;1H/t14-,15+;/m1./s1. The monoisotopic (exact) mass is 382 g/mol. The molecule has 0 saturated carbocycles. The summed E-state index contributed by atoms with van der Waals surface area (Å²) in [5, 5.41) is 0. The maximum atomic E-state index is 7.11. The molecule has 3 aromatic rings. The second-order valence-corrected chi connectivity index (χ2v) is 6.85. The van der Waals surface area contributed by atoms with Crippen LogP contribution in [0.1, 0.15) is 31.5 Å². The summed E-state index contributed by atoms with van der Waals surface area (Å²) >= 11 is 0. The fraction of sp³-hybridized carbons (Fsp3) is 0.350. The molecule has 0 bridgehead atoms. The van der Waals surface area contributed by atoms with E-state index in [9.17, 15) is 0 Å². The molecule has 2 aromatic heterocycles. The summed E-state index contributed by atoms with van der Waals surface area (Å²) < 4.78 is 2.24. The molecule has 7 heteroatoms. The molecule has 0 spiro atoms. The van der Waals surface area contributed by atoms with Gasteiger partial charge in [0.15, 0.2) is 0 Å². The minimum atomic E-state index is 0. The lowest BCUT2D eigenvalue weighted by molar-refractivity contribution is 0.489. The number of benzene rings is 1. The van der Waals surface area contributed by atoms with Crippen LogP contribution in [0.25, 0.3) is 15.9 Å². The number of anilines is 1. The number of hydrogen-bond acceptors (Lipinski definition) is 4. The Bertz CT molecular complexity index is 959. The van der Waals surface area contributed by atoms with Gasteiger partial charge in [-0.15, -0.1) is 12.4 Å². The molecule has 0 aliphatic carbocycles. The summed E-state index contributed by atoms with van der Waals surface area (Å²) in [7, 11) is 0. The van der Waals surface area contributed by atoms with Crippen LogP contribution < -0.4 is 10.6 Å². The molecule has 1 fully saturated rings. The molecule has 0 radical (unpaired) electrons. The highest BCUT2D eigenvalue weighted by Crippen LogP contribution is 2.31. The summed E-state index contributed by atoms with van der Waals surface area (Å²) in [4.78, 5) is 15.1. The number of imidazole rings is 1. The highest BCUT2D eigenvalue weighted by molar-refractivity contribution is 5.85. The molecule has 2 N–H and O–H groups in total. The normalized spacial score (nSPS) is 18.0. The van der Waals surface area contributed by atoms with Gasteiger partial charge in [-0.2, -0.15) is 0 Å². The number of aromatic nitrogens is 3. The van der Waals surface area contributed by atoms with Crippen molar-refractivity contribution in [2.45, 2.75) is 31.8 Å². The molecular weight excluding hydrogens is 360 g/mol. The van der Waals surface area contributed by atoms with E-state index in [-0.39, 0.29) is 24.5 Å². The van der Waals surface area contributed by atoms with Gasteiger partial charge in [0.1, 0.15) is 0 Å². The Morgan fingerprint density at radius 1 is 1.26 bits per heavy atom. The van der Waals surface area contributed by atoms with Gasteiger partial charge in [0.25, 0.3) is 0 Å². The van der Waals surface area contributed by atoms with Crippen LogP contribution in [0.15, 0.2) is 42.6 Å². The number of nitrogens with two attached hydrogens (primary N) is 1. The second kappa shape index (κ2) is 7.95. The Morgan fingerprint density at radius 3 is 2.78 bits per heavy atom. The summed E-state index contributed by atoms with van der Waals surface area (Å²) in [6.07, 6.45) is 3.77. The molecule has 1 aliphatic rings. The van der Waals surface area contributed by atoms with Gasteiger partial charge in [-0.25, -0.2) is 9.83 Å². The van der Waals surface area contributed by atoms with Crippen molar-refractivity contribution in [2.75, 3.05) is 18.0 Å². The summed E-state index contributed by atoms with van der Waals surface area (Å²) in [5.74, 6) is 0.949. The van der Waals surface area contributed by atoms with Gasteiger partial charge < -0.3 is 15.2 Å². The van der Waals surface area contributed by atoms with E-state index >= 15 is 0 Å². The van der Waals surface area contributed by atoms with Crippen molar-refractivity contribution in [3.63, 3.8) is 0 Å². The number of hydrogen-bond donors (Lipinski definition) is 1. The molecular formula is C20H23ClN6. The van der Waals surface area contributed by atoms with Gasteiger partial charge in [0.05, 0.1) is 29.3 Å². The first-order valence-corrected chi connectivity index (χ1v) is 8.98. The lowest BCUT2D eigenvalue weighted by Crippen LogP contribution is -2.44. The highest BCUT2D eigenvalue weighted by Gasteiger charge is 2.25. The molecule has 1 saturated heterocycles. The number of rotatable bonds is 3. The zero-order valence-corrected chi connectivity index (χ0v) is 16.1. The van der Waals surface area contributed by atoms with Crippen molar-refractivity contribution in [3.05, 3.63) is 59.7 Å². The van der Waals surface area contributed by atoms with E-state index in [0.29, 0.717) is 5.69 Å². The fourth-order valence-corrected chi connectivity index (χ4v) is 3.67. The predicted molar refractivity (Wildman–Crippen MR) is 111 cm³/mol. The van der Waals surface area contributed by atoms with Crippen molar-refractivity contribution >= 4 is 35.1 Å². The van der Waals surface area contributed by atoms with Crippen molar-refractivity contribution in [3.8, 4) is 0 Å². The van der Waals surface area contributed by atoms with E-state index in [0.717, 1.165) is 48.6 Å². The zero-order valence-electron chi connectivity index (χ0n) is 15.2. The molecule has 4 rings (SSSR count). The van der Waals surface area contributed by atoms with Gasteiger partial charge in [0, 0.05) is 25.3 Å². The van der Waals surface area contributed by atoms with Gasteiger partial charge >= 0.3 is 0 Å². The lowest BCUT2D eigenvalue weighted by atomic mass is 10.1. The van der Waals surface area contributed by atoms with E-state index in [4.69, 9.17) is 17.3 Å². The second-order valence-electron chi connectivity index (χ2n) is 6.85. The third kappa shape index (κ3) is 3.61. The van der Waals surface area contributed by atoms with Crippen LogP contribution in [0, 0.1) is 6.57 Å². The Kier molecular flexibility index (Phi) is 5.64. The average molecular weight is 383 g/mol. The van der Waals surface area contributed by atoms with Crippen molar-refractivity contribution in [2.24, 2.45) is 5.73 Å². The largest absolute Gasteiger partial charge is 0.341 e. The van der Waals surface area contributed by atoms with E-state index in [1.807, 2.05) is 30.3 Å². The first kappa shape index (κ1) is 19.2. The first-order chi connectivity index (χ1) is 12.7. The molecule has 3 heterocycles. The van der Waals surface area contributed by atoms with E-state index in [2.05, 4.69) is 32.3 Å². The van der Waals surface area contributed by atoms with Crippen LogP contribution in [-0.2, 0) is 0 Å². The fourth-order valence-electron chi connectivity index (χ4n) is 3.67. The molecule has 2 atom stereocenters. The number of halogens is 1. The Labute approximate surface area is 165 Å². The maximum Gasteiger partial charge on any atom is 0.207 e. The number of fused-ring (bicyclic) bond motifs is 1. The highest BCUT2D eigenvalue weighted by atomic mass is 35.5. The van der Waals surface area contributed by atoms with Gasteiger partial charge in [-0.3, -0.25) is 4.98 Å². The van der Waals surface area contributed by atoms with Crippen LogP contribution in [0.2, 0.25) is 0 Å². The smallest absolute Gasteiger partial charge is 0.207 e. The van der Waals surface area contributed by atoms with E-state index in [1.165, 1.54) is 0 Å². The Morgan fingerprint density at radius 2 is 2.07 bits per heavy atom. The molecule has 1 aromatic carbocycles. The van der Waals surface area contributed by atoms with Crippen LogP contribution in [0.5, 0.6) is 0 Å². The van der Waals surface area contributed by atoms with Gasteiger partial charge in [0.2, 0.25) is 11.6 Å². The predicted octanol–water partition coefficient (Wildman–Crippen LogP) is 3.94. The molecule has 27 heavy (non-hydrogen) atoms. The average Bonchev–Trinajstić information content (AvgIpc) is 3.07. The van der Waals surface area contributed by atoms with Crippen molar-refractivity contribution in [1.29, 1.82) is 0 Å². The number of piperidine rings is 1. The molecule has 0 unspecified atom stereocenters. The van der Waals surface area contributed by atoms with Crippen LogP contribution >= 0.6 is 12.4 Å². The third-order valence-electron chi connectivity index (χ3n) is 5.03. The maximum absolute atomic E-state index is 7.11. The van der Waals surface area contributed by atoms with Crippen molar-refractivity contribution < 1.29 is 0 Å². The molecule has 0 amide bonds. The molecule has 6 nitrogen and oxygen atoms in total. The summed E-state index contributed by atoms with van der Waals surface area (Å²) in [6.45, 7) is 11.0. The summed E-state index contributed by atoms with van der Waals surface area (Å²) in [6, 6.07) is 12.1. The SMILES string of the molecule is Cl.[C-]#[N+]c1ccc([C@@H](C)n2c(N3CCC[C@H](N)C3)nc3ccccc32)nc1. The quantitative estimate of drug-likeness (QED) is 0.697. The van der Waals surface area contributed by atoms with E-state index in [1.54, 1.807) is 6.20 Å². The number of nitrogens with zero attached hydrogens (tertiary/aromatic N) is 5. The summed E-state index contributed by atoms with van der Waals surface area (Å²) in [5.41, 5.74) is 9.75. The number of pyridine rings is 1. The molecule has 1 aliphatic heterocycles. The Balaban J connectivity index is 0.00000210. The Hall–Kier alpha value is -2.62. The van der Waals surface area contributed by atoms with Crippen molar-refractivity contribution in [1.82, 2.24) is 14.5 Å². The molecule has 140 valence electrons. The topological polar surface area (TPSA) is 64.3 Å². The van der Waals surface area contributed by atoms with Gasteiger partial charge in [-0.05, 0) is 38.0 Å². The van der Waals surface area contributed by atoms with E-state index < -0.39 is 0 Å². The number of para-hydroxylation sites is 2. The first-order valence-electron chi connectivity index (χ1n) is 8.98. The van der Waals surface area contributed by atoms with Crippen LogP contribution in [-0.4, -0.2) is 33.7 Å². The van der Waals surface area contributed by atoms with Crippen LogP contribution in [0.3, 0.4) is 0 Å². The van der Waals surface area contributed by atoms with Gasteiger partial charge in [-0.1, -0.05) is 18.2 Å². The minimum absolute atomic E-state index is 0. The van der Waals surface area contributed by atoms with Crippen LogP contribution in [0.4, 0.5) is 11.6 Å².